The lowest BCUT2D eigenvalue weighted by Crippen LogP contribution is -2.34. The molecule has 1 atom stereocenters. The number of aromatic hydroxyl groups is 1. The predicted octanol–water partition coefficient (Wildman–Crippen LogP) is 3.03. The van der Waals surface area contributed by atoms with E-state index in [0.717, 1.165) is 34.2 Å². The van der Waals surface area contributed by atoms with E-state index in [-0.39, 0.29) is 17.8 Å². The highest BCUT2D eigenvalue weighted by atomic mass is 16.5. The van der Waals surface area contributed by atoms with E-state index in [9.17, 15) is 9.90 Å². The number of hydrogen-bond donors (Lipinski definition) is 2. The second-order valence-corrected chi connectivity index (χ2v) is 7.97. The molecule has 1 aliphatic rings. The van der Waals surface area contributed by atoms with Crippen LogP contribution < -0.4 is 4.74 Å². The number of phenolic OH excluding ortho intramolecular Hbond substituents is 1. The Kier molecular flexibility index (Phi) is 5.46. The Morgan fingerprint density at radius 2 is 2.07 bits per heavy atom. The molecule has 1 amide bonds. The summed E-state index contributed by atoms with van der Waals surface area (Å²) in [5.41, 5.74) is 3.40. The Morgan fingerprint density at radius 3 is 2.80 bits per heavy atom. The molecule has 1 fully saturated rings. The maximum Gasteiger partial charge on any atom is 0.250 e. The number of carbonyl (C=O) groups is 1. The molecule has 7 nitrogen and oxygen atoms in total. The van der Waals surface area contributed by atoms with E-state index in [2.05, 4.69) is 16.8 Å². The average Bonchev–Trinajstić information content (AvgIpc) is 3.37. The second-order valence-electron chi connectivity index (χ2n) is 7.97. The van der Waals surface area contributed by atoms with Crippen LogP contribution in [0.1, 0.15) is 6.42 Å². The summed E-state index contributed by atoms with van der Waals surface area (Å²) in [5.74, 6) is 0.946. The van der Waals surface area contributed by atoms with E-state index in [1.807, 2.05) is 48.2 Å². The topological polar surface area (TPSA) is 81.7 Å². The number of rotatable bonds is 6. The number of aromatic amines is 1. The SMILES string of the molecule is C=C(CN(C)C)C(=O)N1CC[C@H](Oc2cc(-c3ccc(O)cc3)cc3[nH]ncc23)C1. The van der Waals surface area contributed by atoms with Crippen LogP contribution in [0.2, 0.25) is 0 Å². The summed E-state index contributed by atoms with van der Waals surface area (Å²) in [6.45, 7) is 5.67. The van der Waals surface area contributed by atoms with Crippen LogP contribution in [0.25, 0.3) is 22.0 Å². The van der Waals surface area contributed by atoms with Crippen molar-refractivity contribution < 1.29 is 14.6 Å². The summed E-state index contributed by atoms with van der Waals surface area (Å²) in [4.78, 5) is 16.4. The first-order chi connectivity index (χ1) is 14.4. The number of nitrogens with zero attached hydrogens (tertiary/aromatic N) is 3. The Bertz CT molecular complexity index is 1070. The molecule has 1 aromatic heterocycles. The Hall–Kier alpha value is -3.32. The summed E-state index contributed by atoms with van der Waals surface area (Å²) in [7, 11) is 3.84. The number of fused-ring (bicyclic) bond motifs is 1. The number of carbonyl (C=O) groups excluding carboxylic acids is 1. The number of likely N-dealkylation sites (N-methyl/N-ethyl adjacent to an activating group) is 1. The second kappa shape index (κ2) is 8.20. The molecular formula is C23H26N4O3. The summed E-state index contributed by atoms with van der Waals surface area (Å²) < 4.78 is 6.33. The van der Waals surface area contributed by atoms with Crippen LogP contribution in [0, 0.1) is 0 Å². The fraction of sp³-hybridized carbons (Fsp3) is 0.304. The van der Waals surface area contributed by atoms with Crippen LogP contribution in [0.5, 0.6) is 11.5 Å². The number of likely N-dealkylation sites (tertiary alicyclic amines) is 1. The minimum absolute atomic E-state index is 0.0129. The monoisotopic (exact) mass is 406 g/mol. The van der Waals surface area contributed by atoms with E-state index < -0.39 is 0 Å². The third-order valence-electron chi connectivity index (χ3n) is 5.26. The van der Waals surface area contributed by atoms with Crippen LogP contribution in [0.3, 0.4) is 0 Å². The van der Waals surface area contributed by atoms with Gasteiger partial charge in [0, 0.05) is 25.1 Å². The highest BCUT2D eigenvalue weighted by molar-refractivity contribution is 5.93. The van der Waals surface area contributed by atoms with Gasteiger partial charge in [0.15, 0.2) is 0 Å². The molecule has 2 aromatic carbocycles. The molecular weight excluding hydrogens is 380 g/mol. The lowest BCUT2D eigenvalue weighted by Gasteiger charge is -2.20. The zero-order chi connectivity index (χ0) is 21.3. The molecule has 4 rings (SSSR count). The van der Waals surface area contributed by atoms with Crippen molar-refractivity contribution in [3.63, 3.8) is 0 Å². The number of H-pyrrole nitrogens is 1. The van der Waals surface area contributed by atoms with Crippen LogP contribution >= 0.6 is 0 Å². The highest BCUT2D eigenvalue weighted by Gasteiger charge is 2.29. The van der Waals surface area contributed by atoms with Gasteiger partial charge in [0.05, 0.1) is 23.6 Å². The third kappa shape index (κ3) is 4.16. The van der Waals surface area contributed by atoms with E-state index in [4.69, 9.17) is 4.74 Å². The van der Waals surface area contributed by atoms with Crippen molar-refractivity contribution in [1.82, 2.24) is 20.0 Å². The number of ether oxygens (including phenoxy) is 1. The van der Waals surface area contributed by atoms with Crippen molar-refractivity contribution in [3.05, 3.63) is 54.7 Å². The van der Waals surface area contributed by atoms with Crippen LogP contribution in [-0.4, -0.2) is 70.8 Å². The molecule has 0 bridgehead atoms. The molecule has 3 aromatic rings. The first-order valence-corrected chi connectivity index (χ1v) is 9.95. The number of phenols is 1. The fourth-order valence-corrected chi connectivity index (χ4v) is 3.80. The van der Waals surface area contributed by atoms with Gasteiger partial charge < -0.3 is 19.6 Å². The highest BCUT2D eigenvalue weighted by Crippen LogP contribution is 2.33. The molecule has 2 N–H and O–H groups in total. The summed E-state index contributed by atoms with van der Waals surface area (Å²) in [5, 5.41) is 17.6. The Balaban J connectivity index is 1.53. The zero-order valence-electron chi connectivity index (χ0n) is 17.3. The van der Waals surface area contributed by atoms with Gasteiger partial charge in [-0.05, 0) is 49.5 Å². The third-order valence-corrected chi connectivity index (χ3v) is 5.26. The van der Waals surface area contributed by atoms with E-state index in [0.29, 0.717) is 25.2 Å². The van der Waals surface area contributed by atoms with Crippen molar-refractivity contribution in [3.8, 4) is 22.6 Å². The molecule has 0 unspecified atom stereocenters. The van der Waals surface area contributed by atoms with Gasteiger partial charge in [-0.1, -0.05) is 18.7 Å². The quantitative estimate of drug-likeness (QED) is 0.615. The maximum absolute atomic E-state index is 12.6. The molecule has 156 valence electrons. The molecule has 0 radical (unpaired) electrons. The molecule has 1 saturated heterocycles. The molecule has 1 aliphatic heterocycles. The summed E-state index contributed by atoms with van der Waals surface area (Å²) >= 11 is 0. The van der Waals surface area contributed by atoms with E-state index >= 15 is 0 Å². The minimum Gasteiger partial charge on any atom is -0.508 e. The van der Waals surface area contributed by atoms with Crippen LogP contribution in [-0.2, 0) is 4.79 Å². The predicted molar refractivity (Wildman–Crippen MR) is 117 cm³/mol. The van der Waals surface area contributed by atoms with Gasteiger partial charge in [-0.2, -0.15) is 5.10 Å². The van der Waals surface area contributed by atoms with Crippen molar-refractivity contribution in [2.24, 2.45) is 0 Å². The van der Waals surface area contributed by atoms with Gasteiger partial charge in [0.25, 0.3) is 5.91 Å². The average molecular weight is 406 g/mol. The lowest BCUT2D eigenvalue weighted by atomic mass is 10.0. The number of amides is 1. The number of aromatic nitrogens is 2. The van der Waals surface area contributed by atoms with Crippen molar-refractivity contribution >= 4 is 16.8 Å². The lowest BCUT2D eigenvalue weighted by molar-refractivity contribution is -0.126. The molecule has 0 saturated carbocycles. The molecule has 0 aliphatic carbocycles. The molecule has 7 heteroatoms. The van der Waals surface area contributed by atoms with Gasteiger partial charge in [-0.25, -0.2) is 0 Å². The van der Waals surface area contributed by atoms with E-state index in [1.165, 1.54) is 0 Å². The smallest absolute Gasteiger partial charge is 0.250 e. The standard InChI is InChI=1S/C23H26N4O3/c1-15(13-26(2)3)23(29)27-9-8-19(14-27)30-22-11-17(10-21-20(22)12-24-25-21)16-4-6-18(28)7-5-16/h4-7,10-12,19,28H,1,8-9,13-14H2,2-3H3,(H,24,25)/t19-/m0/s1. The van der Waals surface area contributed by atoms with Crippen LogP contribution in [0.15, 0.2) is 54.7 Å². The number of benzene rings is 2. The number of hydrogen-bond acceptors (Lipinski definition) is 5. The van der Waals surface area contributed by atoms with Crippen molar-refractivity contribution in [2.75, 3.05) is 33.7 Å². The van der Waals surface area contributed by atoms with Gasteiger partial charge in [0.1, 0.15) is 17.6 Å². The fourth-order valence-electron chi connectivity index (χ4n) is 3.80. The van der Waals surface area contributed by atoms with Crippen LogP contribution in [0.4, 0.5) is 0 Å². The van der Waals surface area contributed by atoms with Gasteiger partial charge in [0.2, 0.25) is 0 Å². The number of nitrogens with one attached hydrogen (secondary N) is 1. The zero-order valence-corrected chi connectivity index (χ0v) is 17.3. The maximum atomic E-state index is 12.6. The van der Waals surface area contributed by atoms with Gasteiger partial charge >= 0.3 is 0 Å². The van der Waals surface area contributed by atoms with Crippen molar-refractivity contribution in [1.29, 1.82) is 0 Å². The summed E-state index contributed by atoms with van der Waals surface area (Å²) in [6, 6.07) is 11.0. The molecule has 0 spiro atoms. The van der Waals surface area contributed by atoms with Gasteiger partial charge in [-0.3, -0.25) is 9.89 Å². The molecule has 30 heavy (non-hydrogen) atoms. The van der Waals surface area contributed by atoms with Gasteiger partial charge in [-0.15, -0.1) is 0 Å². The molecule has 2 heterocycles. The first kappa shape index (κ1) is 20.0. The normalized spacial score (nSPS) is 16.4. The summed E-state index contributed by atoms with van der Waals surface area (Å²) in [6.07, 6.45) is 2.43. The largest absolute Gasteiger partial charge is 0.508 e. The Labute approximate surface area is 175 Å². The van der Waals surface area contributed by atoms with E-state index in [1.54, 1.807) is 18.3 Å². The van der Waals surface area contributed by atoms with Crippen molar-refractivity contribution in [2.45, 2.75) is 12.5 Å². The Morgan fingerprint density at radius 1 is 1.30 bits per heavy atom. The first-order valence-electron chi connectivity index (χ1n) is 9.95. The minimum atomic E-state index is -0.0886.